The SMILES string of the molecule is Cc1cccc(N2CC(C(=O)N3CCOCC3)CC2=O)c1C. The lowest BCUT2D eigenvalue weighted by Gasteiger charge is -2.29. The van der Waals surface area contributed by atoms with Crippen LogP contribution in [0.4, 0.5) is 5.69 Å². The summed E-state index contributed by atoms with van der Waals surface area (Å²) in [6.07, 6.45) is 0.309. The van der Waals surface area contributed by atoms with Crippen LogP contribution in [0.3, 0.4) is 0 Å². The molecule has 1 aromatic carbocycles. The third-order valence-electron chi connectivity index (χ3n) is 4.66. The monoisotopic (exact) mass is 302 g/mol. The van der Waals surface area contributed by atoms with Crippen molar-refractivity contribution in [2.45, 2.75) is 20.3 Å². The maximum absolute atomic E-state index is 12.6. The number of amides is 2. The maximum Gasteiger partial charge on any atom is 0.228 e. The molecule has 0 N–H and O–H groups in total. The van der Waals surface area contributed by atoms with Gasteiger partial charge in [0, 0.05) is 31.7 Å². The van der Waals surface area contributed by atoms with Crippen LogP contribution in [0.2, 0.25) is 0 Å². The van der Waals surface area contributed by atoms with Crippen molar-refractivity contribution < 1.29 is 14.3 Å². The molecule has 0 saturated carbocycles. The zero-order valence-electron chi connectivity index (χ0n) is 13.2. The second-order valence-electron chi connectivity index (χ2n) is 6.06. The Balaban J connectivity index is 1.75. The van der Waals surface area contributed by atoms with Crippen molar-refractivity contribution >= 4 is 17.5 Å². The molecule has 2 amide bonds. The van der Waals surface area contributed by atoms with E-state index in [0.29, 0.717) is 39.3 Å². The molecular weight excluding hydrogens is 280 g/mol. The van der Waals surface area contributed by atoms with E-state index in [-0.39, 0.29) is 17.7 Å². The number of aryl methyl sites for hydroxylation is 1. The molecule has 0 radical (unpaired) electrons. The van der Waals surface area contributed by atoms with E-state index in [0.717, 1.165) is 16.8 Å². The van der Waals surface area contributed by atoms with Crippen molar-refractivity contribution in [1.82, 2.24) is 4.90 Å². The number of nitrogens with zero attached hydrogens (tertiary/aromatic N) is 2. The number of hydrogen-bond acceptors (Lipinski definition) is 3. The van der Waals surface area contributed by atoms with E-state index in [2.05, 4.69) is 0 Å². The Morgan fingerprint density at radius 3 is 2.68 bits per heavy atom. The third kappa shape index (κ3) is 2.73. The summed E-state index contributed by atoms with van der Waals surface area (Å²) in [6.45, 7) is 6.99. The molecule has 1 aromatic rings. The van der Waals surface area contributed by atoms with Gasteiger partial charge >= 0.3 is 0 Å². The summed E-state index contributed by atoms with van der Waals surface area (Å²) in [4.78, 5) is 28.5. The number of anilines is 1. The fraction of sp³-hybridized carbons (Fsp3) is 0.529. The number of rotatable bonds is 2. The van der Waals surface area contributed by atoms with Crippen molar-refractivity contribution in [1.29, 1.82) is 0 Å². The number of hydrogen-bond donors (Lipinski definition) is 0. The molecule has 2 fully saturated rings. The normalized spacial score (nSPS) is 22.3. The van der Waals surface area contributed by atoms with Gasteiger partial charge in [-0.3, -0.25) is 9.59 Å². The molecule has 2 aliphatic heterocycles. The number of benzene rings is 1. The van der Waals surface area contributed by atoms with Gasteiger partial charge in [-0.2, -0.15) is 0 Å². The third-order valence-corrected chi connectivity index (χ3v) is 4.66. The maximum atomic E-state index is 12.6. The largest absolute Gasteiger partial charge is 0.378 e. The van der Waals surface area contributed by atoms with Crippen LogP contribution in [-0.2, 0) is 14.3 Å². The average Bonchev–Trinajstić information content (AvgIpc) is 2.92. The van der Waals surface area contributed by atoms with Crippen LogP contribution in [0.15, 0.2) is 18.2 Å². The first-order valence-electron chi connectivity index (χ1n) is 7.81. The smallest absolute Gasteiger partial charge is 0.228 e. The highest BCUT2D eigenvalue weighted by Gasteiger charge is 2.37. The standard InChI is InChI=1S/C17H22N2O3/c1-12-4-3-5-15(13(12)2)19-11-14(10-16(19)20)17(21)18-6-8-22-9-7-18/h3-5,14H,6-11H2,1-2H3. The van der Waals surface area contributed by atoms with E-state index in [1.807, 2.05) is 36.9 Å². The van der Waals surface area contributed by atoms with Crippen molar-refractivity contribution in [3.05, 3.63) is 29.3 Å². The van der Waals surface area contributed by atoms with Gasteiger partial charge in [-0.25, -0.2) is 0 Å². The fourth-order valence-electron chi connectivity index (χ4n) is 3.18. The van der Waals surface area contributed by atoms with Crippen LogP contribution in [0.25, 0.3) is 0 Å². The van der Waals surface area contributed by atoms with Crippen LogP contribution < -0.4 is 4.90 Å². The summed E-state index contributed by atoms with van der Waals surface area (Å²) in [6, 6.07) is 5.96. The Morgan fingerprint density at radius 1 is 1.23 bits per heavy atom. The summed E-state index contributed by atoms with van der Waals surface area (Å²) >= 11 is 0. The van der Waals surface area contributed by atoms with Crippen molar-refractivity contribution in [2.75, 3.05) is 37.7 Å². The van der Waals surface area contributed by atoms with Gasteiger partial charge in [0.25, 0.3) is 0 Å². The predicted molar refractivity (Wildman–Crippen MR) is 83.8 cm³/mol. The minimum atomic E-state index is -0.231. The molecule has 0 bridgehead atoms. The first kappa shape index (κ1) is 15.0. The number of carbonyl (C=O) groups excluding carboxylic acids is 2. The second-order valence-corrected chi connectivity index (χ2v) is 6.06. The summed E-state index contributed by atoms with van der Waals surface area (Å²) in [7, 11) is 0. The molecule has 0 spiro atoms. The summed E-state index contributed by atoms with van der Waals surface area (Å²) in [5.74, 6) is -0.102. The van der Waals surface area contributed by atoms with Gasteiger partial charge in [-0.05, 0) is 31.0 Å². The van der Waals surface area contributed by atoms with Gasteiger partial charge in [-0.1, -0.05) is 12.1 Å². The highest BCUT2D eigenvalue weighted by Crippen LogP contribution is 2.30. The van der Waals surface area contributed by atoms with Gasteiger partial charge in [0.1, 0.15) is 0 Å². The minimum absolute atomic E-state index is 0.0420. The molecule has 2 heterocycles. The lowest BCUT2D eigenvalue weighted by Crippen LogP contribution is -2.44. The first-order chi connectivity index (χ1) is 10.6. The number of morpholine rings is 1. The Bertz CT molecular complexity index is 594. The van der Waals surface area contributed by atoms with Crippen molar-refractivity contribution in [3.8, 4) is 0 Å². The zero-order chi connectivity index (χ0) is 15.7. The van der Waals surface area contributed by atoms with Gasteiger partial charge in [0.15, 0.2) is 0 Å². The summed E-state index contributed by atoms with van der Waals surface area (Å²) in [5, 5.41) is 0. The van der Waals surface area contributed by atoms with Crippen LogP contribution in [-0.4, -0.2) is 49.6 Å². The van der Waals surface area contributed by atoms with E-state index < -0.39 is 0 Å². The van der Waals surface area contributed by atoms with E-state index in [9.17, 15) is 9.59 Å². The lowest BCUT2D eigenvalue weighted by atomic mass is 10.1. The number of ether oxygens (including phenoxy) is 1. The Labute approximate surface area is 130 Å². The molecule has 2 aliphatic rings. The predicted octanol–water partition coefficient (Wildman–Crippen LogP) is 1.52. The van der Waals surface area contributed by atoms with E-state index in [1.54, 1.807) is 4.90 Å². The molecule has 0 aromatic heterocycles. The Hall–Kier alpha value is -1.88. The topological polar surface area (TPSA) is 49.9 Å². The zero-order valence-corrected chi connectivity index (χ0v) is 13.2. The Morgan fingerprint density at radius 2 is 1.95 bits per heavy atom. The molecule has 3 rings (SSSR count). The van der Waals surface area contributed by atoms with Crippen LogP contribution in [0, 0.1) is 19.8 Å². The van der Waals surface area contributed by atoms with E-state index in [1.165, 1.54) is 0 Å². The molecule has 5 nitrogen and oxygen atoms in total. The van der Waals surface area contributed by atoms with Crippen LogP contribution in [0.1, 0.15) is 17.5 Å². The molecule has 22 heavy (non-hydrogen) atoms. The molecule has 2 saturated heterocycles. The van der Waals surface area contributed by atoms with Gasteiger partial charge < -0.3 is 14.5 Å². The molecule has 1 atom stereocenters. The first-order valence-corrected chi connectivity index (χ1v) is 7.81. The molecule has 5 heteroatoms. The van der Waals surface area contributed by atoms with Crippen molar-refractivity contribution in [2.24, 2.45) is 5.92 Å². The molecule has 118 valence electrons. The van der Waals surface area contributed by atoms with E-state index >= 15 is 0 Å². The van der Waals surface area contributed by atoms with E-state index in [4.69, 9.17) is 4.74 Å². The lowest BCUT2D eigenvalue weighted by molar-refractivity contribution is -0.139. The van der Waals surface area contributed by atoms with Crippen LogP contribution in [0.5, 0.6) is 0 Å². The molecule has 0 aliphatic carbocycles. The molecular formula is C17H22N2O3. The highest BCUT2D eigenvalue weighted by atomic mass is 16.5. The Kier molecular flexibility index (Phi) is 4.16. The average molecular weight is 302 g/mol. The quantitative estimate of drug-likeness (QED) is 0.832. The molecule has 1 unspecified atom stereocenters. The summed E-state index contributed by atoms with van der Waals surface area (Å²) < 4.78 is 5.28. The number of carbonyl (C=O) groups is 2. The fourth-order valence-corrected chi connectivity index (χ4v) is 3.18. The summed E-state index contributed by atoms with van der Waals surface area (Å²) in [5.41, 5.74) is 3.20. The van der Waals surface area contributed by atoms with Gasteiger partial charge in [0.05, 0.1) is 19.1 Å². The van der Waals surface area contributed by atoms with Crippen molar-refractivity contribution in [3.63, 3.8) is 0 Å². The van der Waals surface area contributed by atoms with Crippen LogP contribution >= 0.6 is 0 Å². The minimum Gasteiger partial charge on any atom is -0.378 e. The highest BCUT2D eigenvalue weighted by molar-refractivity contribution is 6.00. The van der Waals surface area contributed by atoms with Gasteiger partial charge in [-0.15, -0.1) is 0 Å². The van der Waals surface area contributed by atoms with Gasteiger partial charge in [0.2, 0.25) is 11.8 Å². The second kappa shape index (κ2) is 6.08.